The van der Waals surface area contributed by atoms with E-state index >= 15 is 0 Å². The minimum atomic E-state index is -0.777. The maximum atomic E-state index is 12.5. The number of aliphatic hydroxyl groups is 1. The molecular formula is C20H25N5O4. The summed E-state index contributed by atoms with van der Waals surface area (Å²) in [7, 11) is 0. The fraction of sp³-hybridized carbons (Fsp3) is 0.550. The number of aliphatic hydroxyl groups excluding tert-OH is 1. The average Bonchev–Trinajstić information content (AvgIpc) is 3.15. The maximum Gasteiger partial charge on any atom is 0.251 e. The van der Waals surface area contributed by atoms with Gasteiger partial charge >= 0.3 is 0 Å². The molecule has 2 heterocycles. The van der Waals surface area contributed by atoms with Gasteiger partial charge in [-0.25, -0.2) is 0 Å². The summed E-state index contributed by atoms with van der Waals surface area (Å²) in [5.74, 6) is 0.786. The Hall–Kier alpha value is -2.81. The summed E-state index contributed by atoms with van der Waals surface area (Å²) in [5.41, 5.74) is 0.494. The Bertz CT molecular complexity index is 852. The number of amides is 2. The Labute approximate surface area is 168 Å². The number of hydrogen-bond donors (Lipinski definition) is 3. The smallest absolute Gasteiger partial charge is 0.251 e. The second-order valence-electron chi connectivity index (χ2n) is 7.79. The van der Waals surface area contributed by atoms with E-state index in [2.05, 4.69) is 25.8 Å². The number of hydrogen-bond acceptors (Lipinski definition) is 7. The van der Waals surface area contributed by atoms with Gasteiger partial charge in [0.2, 0.25) is 11.8 Å². The highest BCUT2D eigenvalue weighted by Gasteiger charge is 2.34. The Morgan fingerprint density at radius 3 is 2.66 bits per heavy atom. The summed E-state index contributed by atoms with van der Waals surface area (Å²) in [6.45, 7) is 0.212. The Morgan fingerprint density at radius 2 is 1.97 bits per heavy atom. The van der Waals surface area contributed by atoms with E-state index in [1.165, 1.54) is 6.42 Å². The van der Waals surface area contributed by atoms with Gasteiger partial charge in [-0.3, -0.25) is 14.6 Å². The molecule has 3 atom stereocenters. The molecule has 2 aliphatic rings. The average molecular weight is 399 g/mol. The van der Waals surface area contributed by atoms with Crippen LogP contribution < -0.4 is 10.6 Å². The molecule has 0 unspecified atom stereocenters. The quantitative estimate of drug-likeness (QED) is 0.667. The van der Waals surface area contributed by atoms with Crippen LogP contribution in [0.2, 0.25) is 0 Å². The largest absolute Gasteiger partial charge is 0.391 e. The van der Waals surface area contributed by atoms with Crippen LogP contribution in [0.4, 0.5) is 0 Å². The molecule has 2 fully saturated rings. The lowest BCUT2D eigenvalue weighted by Gasteiger charge is -2.32. The second kappa shape index (κ2) is 8.69. The van der Waals surface area contributed by atoms with Crippen LogP contribution in [0.1, 0.15) is 66.5 Å². The van der Waals surface area contributed by atoms with Gasteiger partial charge in [-0.15, -0.1) is 0 Å². The molecule has 29 heavy (non-hydrogen) atoms. The molecule has 2 saturated carbocycles. The van der Waals surface area contributed by atoms with Crippen LogP contribution in [0.5, 0.6) is 0 Å². The van der Waals surface area contributed by atoms with Crippen molar-refractivity contribution >= 4 is 11.8 Å². The molecule has 2 aromatic heterocycles. The lowest BCUT2D eigenvalue weighted by molar-refractivity contribution is -0.127. The number of nitrogens with one attached hydrogen (secondary N) is 2. The van der Waals surface area contributed by atoms with Crippen molar-refractivity contribution < 1.29 is 19.2 Å². The summed E-state index contributed by atoms with van der Waals surface area (Å²) in [6.07, 6.45) is 7.07. The van der Waals surface area contributed by atoms with Crippen LogP contribution in [0.25, 0.3) is 0 Å². The van der Waals surface area contributed by atoms with E-state index in [1.54, 1.807) is 24.5 Å². The summed E-state index contributed by atoms with van der Waals surface area (Å²) < 4.78 is 5.25. The first-order valence-corrected chi connectivity index (χ1v) is 10.1. The zero-order valence-electron chi connectivity index (χ0n) is 16.1. The van der Waals surface area contributed by atoms with E-state index in [4.69, 9.17) is 4.52 Å². The molecular weight excluding hydrogens is 374 g/mol. The molecule has 0 aliphatic heterocycles. The van der Waals surface area contributed by atoms with Gasteiger partial charge in [0.25, 0.3) is 5.91 Å². The Kier molecular flexibility index (Phi) is 5.84. The maximum absolute atomic E-state index is 12.5. The van der Waals surface area contributed by atoms with Crippen molar-refractivity contribution in [2.75, 3.05) is 0 Å². The summed E-state index contributed by atoms with van der Waals surface area (Å²) in [6, 6.07) is 2.87. The van der Waals surface area contributed by atoms with Gasteiger partial charge in [-0.2, -0.15) is 4.98 Å². The molecule has 0 radical (unpaired) electrons. The summed E-state index contributed by atoms with van der Waals surface area (Å²) in [4.78, 5) is 33.0. The summed E-state index contributed by atoms with van der Waals surface area (Å²) >= 11 is 0. The van der Waals surface area contributed by atoms with Crippen molar-refractivity contribution in [2.24, 2.45) is 5.92 Å². The highest BCUT2D eigenvalue weighted by Crippen LogP contribution is 2.35. The van der Waals surface area contributed by atoms with Crippen molar-refractivity contribution in [1.82, 2.24) is 25.8 Å². The molecule has 2 aliphatic carbocycles. The number of rotatable bonds is 6. The first kappa shape index (κ1) is 19.5. The predicted molar refractivity (Wildman–Crippen MR) is 102 cm³/mol. The first-order valence-electron chi connectivity index (χ1n) is 10.1. The highest BCUT2D eigenvalue weighted by atomic mass is 16.5. The fourth-order valence-corrected chi connectivity index (χ4v) is 3.78. The van der Waals surface area contributed by atoms with Crippen LogP contribution in [0.15, 0.2) is 29.0 Å². The van der Waals surface area contributed by atoms with Crippen molar-refractivity contribution in [1.29, 1.82) is 0 Å². The summed E-state index contributed by atoms with van der Waals surface area (Å²) in [5, 5.41) is 20.0. The molecule has 0 spiro atoms. The lowest BCUT2D eigenvalue weighted by atomic mass is 9.83. The number of pyridine rings is 1. The number of carbonyl (C=O) groups excluding carboxylic acids is 2. The molecule has 4 rings (SSSR count). The Morgan fingerprint density at radius 1 is 1.17 bits per heavy atom. The van der Waals surface area contributed by atoms with Gasteiger partial charge in [-0.1, -0.05) is 11.6 Å². The molecule has 2 amide bonds. The number of aromatic nitrogens is 3. The van der Waals surface area contributed by atoms with Crippen molar-refractivity contribution in [3.05, 3.63) is 41.8 Å². The van der Waals surface area contributed by atoms with E-state index in [0.717, 1.165) is 12.8 Å². The second-order valence-corrected chi connectivity index (χ2v) is 7.79. The molecule has 0 aromatic carbocycles. The van der Waals surface area contributed by atoms with E-state index in [1.807, 2.05) is 0 Å². The van der Waals surface area contributed by atoms with Gasteiger partial charge < -0.3 is 20.3 Å². The minimum Gasteiger partial charge on any atom is -0.391 e. The molecule has 9 nitrogen and oxygen atoms in total. The van der Waals surface area contributed by atoms with E-state index in [0.29, 0.717) is 42.5 Å². The highest BCUT2D eigenvalue weighted by molar-refractivity contribution is 5.94. The lowest BCUT2D eigenvalue weighted by Crippen LogP contribution is -2.49. The van der Waals surface area contributed by atoms with Crippen LogP contribution in [-0.4, -0.2) is 44.2 Å². The van der Waals surface area contributed by atoms with E-state index in [9.17, 15) is 14.7 Å². The van der Waals surface area contributed by atoms with E-state index < -0.39 is 6.10 Å². The molecule has 0 saturated heterocycles. The predicted octanol–water partition coefficient (Wildman–Crippen LogP) is 1.31. The zero-order chi connectivity index (χ0) is 20.2. The zero-order valence-corrected chi connectivity index (χ0v) is 16.1. The third kappa shape index (κ3) is 4.61. The van der Waals surface area contributed by atoms with Gasteiger partial charge in [-0.05, 0) is 44.2 Å². The van der Waals surface area contributed by atoms with Gasteiger partial charge in [0, 0.05) is 29.8 Å². The van der Waals surface area contributed by atoms with Crippen LogP contribution in [0.3, 0.4) is 0 Å². The van der Waals surface area contributed by atoms with E-state index in [-0.39, 0.29) is 30.3 Å². The first-order chi connectivity index (χ1) is 14.1. The van der Waals surface area contributed by atoms with Gasteiger partial charge in [0.1, 0.15) is 0 Å². The molecule has 3 N–H and O–H groups in total. The SMILES string of the molecule is O=C(N[C@H]1CC[C@H](C(=O)NCc2noc(C3CCC3)n2)C[C@@H]1O)c1ccncc1. The molecule has 9 heteroatoms. The van der Waals surface area contributed by atoms with Crippen molar-refractivity contribution in [3.8, 4) is 0 Å². The third-order valence-corrected chi connectivity index (χ3v) is 5.81. The normalized spacial score (nSPS) is 24.5. The Balaban J connectivity index is 1.24. The van der Waals surface area contributed by atoms with Gasteiger partial charge in [0.15, 0.2) is 5.82 Å². The fourth-order valence-electron chi connectivity index (χ4n) is 3.78. The molecule has 2 aromatic rings. The van der Waals surface area contributed by atoms with Crippen molar-refractivity contribution in [3.63, 3.8) is 0 Å². The number of carbonyl (C=O) groups is 2. The monoisotopic (exact) mass is 399 g/mol. The standard InChI is InChI=1S/C20H25N5O4/c26-16-10-14(4-5-15(16)23-19(28)12-6-8-21-9-7-12)18(27)22-11-17-24-20(29-25-17)13-2-1-3-13/h6-9,13-16,26H,1-5,10-11H2,(H,22,27)(H,23,28)/t14-,15-,16-/m0/s1. The third-order valence-electron chi connectivity index (χ3n) is 5.81. The number of nitrogens with zero attached hydrogens (tertiary/aromatic N) is 3. The molecule has 154 valence electrons. The minimum absolute atomic E-state index is 0.141. The van der Waals surface area contributed by atoms with Crippen molar-refractivity contribution in [2.45, 2.75) is 63.1 Å². The van der Waals surface area contributed by atoms with Crippen LogP contribution in [0, 0.1) is 5.92 Å². The van der Waals surface area contributed by atoms with Gasteiger partial charge in [0.05, 0.1) is 18.7 Å². The molecule has 0 bridgehead atoms. The topological polar surface area (TPSA) is 130 Å². The van der Waals surface area contributed by atoms with Crippen LogP contribution in [-0.2, 0) is 11.3 Å². The van der Waals surface area contributed by atoms with Crippen LogP contribution >= 0.6 is 0 Å².